The first-order valence-electron chi connectivity index (χ1n) is 5.07. The van der Waals surface area contributed by atoms with Crippen LogP contribution in [0.5, 0.6) is 0 Å². The highest BCUT2D eigenvalue weighted by molar-refractivity contribution is 6.32. The normalized spacial score (nSPS) is 11.3. The standard InChI is InChI=1S/C10H11ClN6O/c1-5-7-3-6(4-13-15-10(12)18)8(11)14-9(7)17(2)16-5/h3-4H,1-2H3,(H3,12,15,18). The predicted molar refractivity (Wildman–Crippen MR) is 68.6 cm³/mol. The summed E-state index contributed by atoms with van der Waals surface area (Å²) in [5.74, 6) is 0. The van der Waals surface area contributed by atoms with Gasteiger partial charge in [-0.1, -0.05) is 11.6 Å². The number of aryl methyl sites for hydroxylation is 2. The third-order valence-electron chi connectivity index (χ3n) is 2.36. The molecule has 0 spiro atoms. The molecule has 0 atom stereocenters. The van der Waals surface area contributed by atoms with Crippen LogP contribution in [0, 0.1) is 6.92 Å². The second-order valence-corrected chi connectivity index (χ2v) is 4.04. The molecule has 0 fully saturated rings. The highest BCUT2D eigenvalue weighted by Gasteiger charge is 2.10. The van der Waals surface area contributed by atoms with Crippen molar-refractivity contribution in [1.82, 2.24) is 20.2 Å². The molecule has 18 heavy (non-hydrogen) atoms. The summed E-state index contributed by atoms with van der Waals surface area (Å²) < 4.78 is 1.65. The van der Waals surface area contributed by atoms with Crippen LogP contribution in [0.3, 0.4) is 0 Å². The minimum Gasteiger partial charge on any atom is -0.350 e. The molecule has 3 N–H and O–H groups in total. The van der Waals surface area contributed by atoms with E-state index >= 15 is 0 Å². The van der Waals surface area contributed by atoms with Gasteiger partial charge in [0, 0.05) is 18.0 Å². The number of hydrogen-bond acceptors (Lipinski definition) is 4. The monoisotopic (exact) mass is 266 g/mol. The number of amides is 2. The number of nitrogens with one attached hydrogen (secondary N) is 1. The van der Waals surface area contributed by atoms with Gasteiger partial charge < -0.3 is 5.73 Å². The quantitative estimate of drug-likeness (QED) is 0.481. The molecule has 0 aliphatic carbocycles. The van der Waals surface area contributed by atoms with E-state index in [0.29, 0.717) is 11.2 Å². The molecule has 2 heterocycles. The van der Waals surface area contributed by atoms with E-state index in [1.807, 2.05) is 6.92 Å². The number of fused-ring (bicyclic) bond motifs is 1. The lowest BCUT2D eigenvalue weighted by Gasteiger charge is -1.99. The van der Waals surface area contributed by atoms with Crippen molar-refractivity contribution in [3.05, 3.63) is 22.5 Å². The number of carbonyl (C=O) groups is 1. The van der Waals surface area contributed by atoms with Crippen LogP contribution in [-0.4, -0.2) is 27.0 Å². The highest BCUT2D eigenvalue weighted by atomic mass is 35.5. The Morgan fingerprint density at radius 2 is 2.39 bits per heavy atom. The smallest absolute Gasteiger partial charge is 0.332 e. The average Bonchev–Trinajstić information content (AvgIpc) is 2.54. The minimum atomic E-state index is -0.742. The van der Waals surface area contributed by atoms with E-state index in [1.54, 1.807) is 17.8 Å². The Hall–Kier alpha value is -2.15. The lowest BCUT2D eigenvalue weighted by atomic mass is 10.2. The van der Waals surface area contributed by atoms with Crippen molar-refractivity contribution in [1.29, 1.82) is 0 Å². The van der Waals surface area contributed by atoms with Crippen LogP contribution in [0.2, 0.25) is 5.15 Å². The van der Waals surface area contributed by atoms with Crippen LogP contribution in [-0.2, 0) is 7.05 Å². The Labute approximate surface area is 108 Å². The van der Waals surface area contributed by atoms with E-state index in [2.05, 4.69) is 20.6 Å². The molecule has 0 radical (unpaired) electrons. The van der Waals surface area contributed by atoms with Gasteiger partial charge in [-0.2, -0.15) is 10.2 Å². The molecule has 0 bridgehead atoms. The van der Waals surface area contributed by atoms with Gasteiger partial charge in [-0.15, -0.1) is 0 Å². The van der Waals surface area contributed by atoms with Crippen molar-refractivity contribution in [2.45, 2.75) is 6.92 Å². The lowest BCUT2D eigenvalue weighted by Crippen LogP contribution is -2.24. The summed E-state index contributed by atoms with van der Waals surface area (Å²) in [6.45, 7) is 1.88. The van der Waals surface area contributed by atoms with Crippen LogP contribution in [0.4, 0.5) is 4.79 Å². The number of hydrogen-bond donors (Lipinski definition) is 2. The fourth-order valence-electron chi connectivity index (χ4n) is 1.59. The molecule has 2 aromatic rings. The van der Waals surface area contributed by atoms with Crippen molar-refractivity contribution < 1.29 is 4.79 Å². The molecular formula is C10H11ClN6O. The number of carbonyl (C=O) groups excluding carboxylic acids is 1. The number of urea groups is 1. The van der Waals surface area contributed by atoms with Crippen molar-refractivity contribution in [3.8, 4) is 0 Å². The molecule has 0 saturated carbocycles. The van der Waals surface area contributed by atoms with E-state index in [0.717, 1.165) is 11.1 Å². The van der Waals surface area contributed by atoms with Gasteiger partial charge >= 0.3 is 6.03 Å². The van der Waals surface area contributed by atoms with Crippen LogP contribution in [0.15, 0.2) is 11.2 Å². The Kier molecular flexibility index (Phi) is 3.15. The molecule has 0 aliphatic rings. The number of hydrazone groups is 1. The van der Waals surface area contributed by atoms with Gasteiger partial charge in [0.2, 0.25) is 0 Å². The fraction of sp³-hybridized carbons (Fsp3) is 0.200. The van der Waals surface area contributed by atoms with Crippen molar-refractivity contribution in [2.24, 2.45) is 17.9 Å². The first-order valence-corrected chi connectivity index (χ1v) is 5.45. The second-order valence-electron chi connectivity index (χ2n) is 3.68. The maximum Gasteiger partial charge on any atom is 0.332 e. The fourth-order valence-corrected chi connectivity index (χ4v) is 1.78. The van der Waals surface area contributed by atoms with Crippen molar-refractivity contribution in [2.75, 3.05) is 0 Å². The first kappa shape index (κ1) is 12.3. The maximum atomic E-state index is 10.5. The largest absolute Gasteiger partial charge is 0.350 e. The first-order chi connectivity index (χ1) is 8.49. The zero-order valence-corrected chi connectivity index (χ0v) is 10.6. The summed E-state index contributed by atoms with van der Waals surface area (Å²) in [4.78, 5) is 14.7. The van der Waals surface area contributed by atoms with E-state index in [1.165, 1.54) is 6.21 Å². The van der Waals surface area contributed by atoms with Gasteiger partial charge in [0.1, 0.15) is 5.15 Å². The molecule has 2 amide bonds. The molecule has 94 valence electrons. The number of halogens is 1. The summed E-state index contributed by atoms with van der Waals surface area (Å²) in [6, 6.07) is 1.06. The summed E-state index contributed by atoms with van der Waals surface area (Å²) in [5, 5.41) is 9.04. The van der Waals surface area contributed by atoms with E-state index in [-0.39, 0.29) is 5.15 Å². The van der Waals surface area contributed by atoms with Gasteiger partial charge in [0.15, 0.2) is 5.65 Å². The molecule has 0 saturated heterocycles. The number of primary amides is 1. The van der Waals surface area contributed by atoms with Gasteiger partial charge in [-0.3, -0.25) is 4.68 Å². The van der Waals surface area contributed by atoms with E-state index < -0.39 is 6.03 Å². The molecule has 0 unspecified atom stereocenters. The number of pyridine rings is 1. The van der Waals surface area contributed by atoms with E-state index in [9.17, 15) is 4.79 Å². The Morgan fingerprint density at radius 1 is 1.67 bits per heavy atom. The summed E-state index contributed by atoms with van der Waals surface area (Å²) in [5.41, 5.74) is 9.09. The van der Waals surface area contributed by atoms with Crippen LogP contribution < -0.4 is 11.2 Å². The Morgan fingerprint density at radius 3 is 3.06 bits per heavy atom. The maximum absolute atomic E-state index is 10.5. The predicted octanol–water partition coefficient (Wildman–Crippen LogP) is 0.932. The average molecular weight is 267 g/mol. The third-order valence-corrected chi connectivity index (χ3v) is 2.66. The molecule has 0 aliphatic heterocycles. The SMILES string of the molecule is Cc1nn(C)c2nc(Cl)c(C=NNC(N)=O)cc12. The summed E-state index contributed by atoms with van der Waals surface area (Å²) >= 11 is 6.01. The summed E-state index contributed by atoms with van der Waals surface area (Å²) in [7, 11) is 1.79. The number of aromatic nitrogens is 3. The van der Waals surface area contributed by atoms with Crippen molar-refractivity contribution in [3.63, 3.8) is 0 Å². The molecule has 8 heteroatoms. The highest BCUT2D eigenvalue weighted by Crippen LogP contribution is 2.21. The molecule has 2 aromatic heterocycles. The van der Waals surface area contributed by atoms with Crippen LogP contribution in [0.1, 0.15) is 11.3 Å². The zero-order valence-electron chi connectivity index (χ0n) is 9.81. The van der Waals surface area contributed by atoms with Crippen LogP contribution in [0.25, 0.3) is 11.0 Å². The van der Waals surface area contributed by atoms with Crippen LogP contribution >= 0.6 is 11.6 Å². The second kappa shape index (κ2) is 4.61. The topological polar surface area (TPSA) is 98.2 Å². The Bertz CT molecular complexity index is 647. The zero-order chi connectivity index (χ0) is 13.3. The van der Waals surface area contributed by atoms with Gasteiger partial charge in [0.05, 0.1) is 11.9 Å². The molecular weight excluding hydrogens is 256 g/mol. The molecule has 0 aromatic carbocycles. The van der Waals surface area contributed by atoms with Gasteiger partial charge in [-0.25, -0.2) is 15.2 Å². The lowest BCUT2D eigenvalue weighted by molar-refractivity contribution is 0.249. The van der Waals surface area contributed by atoms with E-state index in [4.69, 9.17) is 17.3 Å². The number of nitrogens with zero attached hydrogens (tertiary/aromatic N) is 4. The van der Waals surface area contributed by atoms with Gasteiger partial charge in [-0.05, 0) is 13.0 Å². The van der Waals surface area contributed by atoms with Crippen molar-refractivity contribution >= 4 is 34.9 Å². The summed E-state index contributed by atoms with van der Waals surface area (Å²) in [6.07, 6.45) is 1.38. The molecule has 2 rings (SSSR count). The number of nitrogens with two attached hydrogens (primary N) is 1. The Balaban J connectivity index is 2.46. The van der Waals surface area contributed by atoms with Gasteiger partial charge in [0.25, 0.3) is 0 Å². The minimum absolute atomic E-state index is 0.278. The number of rotatable bonds is 2. The molecule has 7 nitrogen and oxygen atoms in total. The third kappa shape index (κ3) is 2.25.